The van der Waals surface area contributed by atoms with Crippen molar-refractivity contribution in [3.05, 3.63) is 23.7 Å². The van der Waals surface area contributed by atoms with Gasteiger partial charge in [-0.15, -0.1) is 0 Å². The first-order valence-corrected chi connectivity index (χ1v) is 4.84. The van der Waals surface area contributed by atoms with E-state index in [1.54, 1.807) is 6.07 Å². The number of rotatable bonds is 2. The second-order valence-electron chi connectivity index (χ2n) is 3.21. The van der Waals surface area contributed by atoms with Gasteiger partial charge in [0.2, 0.25) is 0 Å². The van der Waals surface area contributed by atoms with Crippen LogP contribution in [0, 0.1) is 0 Å². The Bertz CT molecular complexity index is 326. The number of hydroxylamine groups is 2. The SMILES string of the molecule is CCc1ccc(C(=O)N2CCCO2)o1. The standard InChI is InChI=1S/C10H13NO3/c1-2-8-4-5-9(14-8)10(12)11-6-3-7-13-11/h4-5H,2-3,6-7H2,1H3. The van der Waals surface area contributed by atoms with Gasteiger partial charge in [-0.3, -0.25) is 9.63 Å². The van der Waals surface area contributed by atoms with Crippen LogP contribution in [0.5, 0.6) is 0 Å². The highest BCUT2D eigenvalue weighted by Crippen LogP contribution is 2.14. The molecule has 0 radical (unpaired) electrons. The van der Waals surface area contributed by atoms with Crippen molar-refractivity contribution in [2.45, 2.75) is 19.8 Å². The molecule has 0 aliphatic carbocycles. The molecule has 0 bridgehead atoms. The average Bonchev–Trinajstić information content (AvgIpc) is 2.88. The summed E-state index contributed by atoms with van der Waals surface area (Å²) in [5, 5.41) is 1.36. The molecule has 14 heavy (non-hydrogen) atoms. The summed E-state index contributed by atoms with van der Waals surface area (Å²) in [6.07, 6.45) is 1.70. The van der Waals surface area contributed by atoms with E-state index < -0.39 is 0 Å². The van der Waals surface area contributed by atoms with E-state index >= 15 is 0 Å². The van der Waals surface area contributed by atoms with Crippen LogP contribution in [0.15, 0.2) is 16.5 Å². The predicted octanol–water partition coefficient (Wildman–Crippen LogP) is 1.62. The Hall–Kier alpha value is -1.29. The Kier molecular flexibility index (Phi) is 2.54. The van der Waals surface area contributed by atoms with Gasteiger partial charge in [-0.25, -0.2) is 5.06 Å². The van der Waals surface area contributed by atoms with E-state index in [0.717, 1.165) is 18.6 Å². The fourth-order valence-electron chi connectivity index (χ4n) is 1.41. The number of amides is 1. The van der Waals surface area contributed by atoms with Crippen LogP contribution in [-0.4, -0.2) is 24.1 Å². The van der Waals surface area contributed by atoms with Gasteiger partial charge in [-0.1, -0.05) is 6.92 Å². The van der Waals surface area contributed by atoms with Crippen LogP contribution >= 0.6 is 0 Å². The molecule has 4 heteroatoms. The number of furan rings is 1. The van der Waals surface area contributed by atoms with Gasteiger partial charge < -0.3 is 4.42 Å². The van der Waals surface area contributed by atoms with E-state index in [2.05, 4.69) is 0 Å². The second kappa shape index (κ2) is 3.84. The van der Waals surface area contributed by atoms with Gasteiger partial charge in [0.25, 0.3) is 0 Å². The van der Waals surface area contributed by atoms with Crippen LogP contribution < -0.4 is 0 Å². The van der Waals surface area contributed by atoms with Gasteiger partial charge in [0.15, 0.2) is 5.76 Å². The van der Waals surface area contributed by atoms with E-state index in [0.29, 0.717) is 18.9 Å². The molecule has 1 aromatic heterocycles. The Morgan fingerprint density at radius 3 is 3.00 bits per heavy atom. The molecule has 76 valence electrons. The molecule has 1 amide bonds. The first-order chi connectivity index (χ1) is 6.81. The van der Waals surface area contributed by atoms with E-state index in [-0.39, 0.29) is 5.91 Å². The fraction of sp³-hybridized carbons (Fsp3) is 0.500. The van der Waals surface area contributed by atoms with E-state index in [4.69, 9.17) is 9.25 Å². The minimum atomic E-state index is -0.179. The summed E-state index contributed by atoms with van der Waals surface area (Å²) in [6, 6.07) is 3.52. The smallest absolute Gasteiger partial charge is 0.313 e. The molecule has 2 rings (SSSR count). The summed E-state index contributed by atoms with van der Waals surface area (Å²) in [5.41, 5.74) is 0. The molecule has 1 aliphatic rings. The van der Waals surface area contributed by atoms with Crippen LogP contribution in [-0.2, 0) is 11.3 Å². The van der Waals surface area contributed by atoms with Crippen molar-refractivity contribution < 1.29 is 14.0 Å². The van der Waals surface area contributed by atoms with Gasteiger partial charge in [-0.2, -0.15) is 0 Å². The van der Waals surface area contributed by atoms with Gasteiger partial charge in [0.05, 0.1) is 13.2 Å². The Balaban J connectivity index is 2.09. The predicted molar refractivity (Wildman–Crippen MR) is 49.7 cm³/mol. The summed E-state index contributed by atoms with van der Waals surface area (Å²) in [7, 11) is 0. The molecule has 1 aliphatic heterocycles. The van der Waals surface area contributed by atoms with Crippen LogP contribution in [0.1, 0.15) is 29.7 Å². The first-order valence-electron chi connectivity index (χ1n) is 4.84. The summed E-state index contributed by atoms with van der Waals surface area (Å²) in [4.78, 5) is 16.8. The lowest BCUT2D eigenvalue weighted by molar-refractivity contribution is -0.0785. The molecule has 0 atom stereocenters. The third kappa shape index (κ3) is 1.65. The van der Waals surface area contributed by atoms with Crippen molar-refractivity contribution in [2.24, 2.45) is 0 Å². The number of hydrogen-bond acceptors (Lipinski definition) is 3. The molecule has 1 aromatic rings. The lowest BCUT2D eigenvalue weighted by Crippen LogP contribution is -2.25. The Morgan fingerprint density at radius 2 is 2.43 bits per heavy atom. The maximum Gasteiger partial charge on any atom is 0.313 e. The summed E-state index contributed by atoms with van der Waals surface area (Å²) >= 11 is 0. The largest absolute Gasteiger partial charge is 0.456 e. The molecular formula is C10H13NO3. The monoisotopic (exact) mass is 195 g/mol. The van der Waals surface area contributed by atoms with Crippen LogP contribution in [0.3, 0.4) is 0 Å². The molecule has 0 N–H and O–H groups in total. The number of aryl methyl sites for hydroxylation is 1. The zero-order valence-electron chi connectivity index (χ0n) is 8.16. The summed E-state index contributed by atoms with van der Waals surface area (Å²) in [5.74, 6) is 1.01. The van der Waals surface area contributed by atoms with E-state index in [1.807, 2.05) is 13.0 Å². The summed E-state index contributed by atoms with van der Waals surface area (Å²) in [6.45, 7) is 3.26. The van der Waals surface area contributed by atoms with Crippen LogP contribution in [0.4, 0.5) is 0 Å². The number of hydrogen-bond donors (Lipinski definition) is 0. The highest BCUT2D eigenvalue weighted by Gasteiger charge is 2.23. The van der Waals surface area contributed by atoms with Crippen LogP contribution in [0.25, 0.3) is 0 Å². The molecule has 0 saturated carbocycles. The van der Waals surface area contributed by atoms with Gasteiger partial charge in [0, 0.05) is 6.42 Å². The highest BCUT2D eigenvalue weighted by molar-refractivity contribution is 5.90. The van der Waals surface area contributed by atoms with Crippen LogP contribution in [0.2, 0.25) is 0 Å². The number of carbonyl (C=O) groups excluding carboxylic acids is 1. The first kappa shape index (κ1) is 9.27. The molecular weight excluding hydrogens is 182 g/mol. The molecule has 2 heterocycles. The minimum Gasteiger partial charge on any atom is -0.456 e. The van der Waals surface area contributed by atoms with Crippen molar-refractivity contribution in [1.29, 1.82) is 0 Å². The molecule has 1 fully saturated rings. The zero-order chi connectivity index (χ0) is 9.97. The Morgan fingerprint density at radius 1 is 1.57 bits per heavy atom. The number of carbonyl (C=O) groups is 1. The molecule has 4 nitrogen and oxygen atoms in total. The van der Waals surface area contributed by atoms with Gasteiger partial charge >= 0.3 is 5.91 Å². The Labute approximate surface area is 82.4 Å². The number of nitrogens with zero attached hydrogens (tertiary/aromatic N) is 1. The highest BCUT2D eigenvalue weighted by atomic mass is 16.7. The molecule has 0 aromatic carbocycles. The maximum absolute atomic E-state index is 11.7. The third-order valence-corrected chi connectivity index (χ3v) is 2.20. The fourth-order valence-corrected chi connectivity index (χ4v) is 1.41. The average molecular weight is 195 g/mol. The van der Waals surface area contributed by atoms with E-state index in [9.17, 15) is 4.79 Å². The zero-order valence-corrected chi connectivity index (χ0v) is 8.16. The lowest BCUT2D eigenvalue weighted by Gasteiger charge is -2.11. The summed E-state index contributed by atoms with van der Waals surface area (Å²) < 4.78 is 5.34. The van der Waals surface area contributed by atoms with Gasteiger partial charge in [-0.05, 0) is 18.6 Å². The minimum absolute atomic E-state index is 0.179. The maximum atomic E-state index is 11.7. The molecule has 0 spiro atoms. The van der Waals surface area contributed by atoms with Crippen molar-refractivity contribution >= 4 is 5.91 Å². The van der Waals surface area contributed by atoms with Gasteiger partial charge in [0.1, 0.15) is 5.76 Å². The second-order valence-corrected chi connectivity index (χ2v) is 3.21. The van der Waals surface area contributed by atoms with Crippen molar-refractivity contribution in [1.82, 2.24) is 5.06 Å². The molecule has 0 unspecified atom stereocenters. The topological polar surface area (TPSA) is 42.7 Å². The van der Waals surface area contributed by atoms with Crippen molar-refractivity contribution in [3.63, 3.8) is 0 Å². The lowest BCUT2D eigenvalue weighted by atomic mass is 10.3. The normalized spacial score (nSPS) is 16.2. The van der Waals surface area contributed by atoms with Crippen molar-refractivity contribution in [3.8, 4) is 0 Å². The third-order valence-electron chi connectivity index (χ3n) is 2.20. The van der Waals surface area contributed by atoms with Crippen molar-refractivity contribution in [2.75, 3.05) is 13.2 Å². The van der Waals surface area contributed by atoms with E-state index in [1.165, 1.54) is 5.06 Å². The quantitative estimate of drug-likeness (QED) is 0.720. The molecule has 1 saturated heterocycles.